The number of hydrogen-bond donors (Lipinski definition) is 0. The fraction of sp³-hybridized carbons (Fsp3) is 0.0811. The summed E-state index contributed by atoms with van der Waals surface area (Å²) in [6.07, 6.45) is 5.11. The lowest BCUT2D eigenvalue weighted by molar-refractivity contribution is 0.660. The van der Waals surface area contributed by atoms with Crippen LogP contribution in [0.25, 0.3) is 39.7 Å². The Labute approximate surface area is 255 Å². The maximum atomic E-state index is 5.05. The zero-order valence-corrected chi connectivity index (χ0v) is 24.5. The van der Waals surface area contributed by atoms with Gasteiger partial charge < -0.3 is 0 Å². The van der Waals surface area contributed by atoms with Crippen molar-refractivity contribution in [3.63, 3.8) is 0 Å². The molecule has 0 unspecified atom stereocenters. The molecule has 0 spiro atoms. The van der Waals surface area contributed by atoms with E-state index in [1.807, 2.05) is 24.4 Å². The number of anilines is 3. The van der Waals surface area contributed by atoms with Gasteiger partial charge in [0, 0.05) is 16.7 Å². The van der Waals surface area contributed by atoms with Crippen LogP contribution in [0.3, 0.4) is 0 Å². The Morgan fingerprint density at radius 3 is 2.36 bits per heavy atom. The Morgan fingerprint density at radius 1 is 0.773 bits per heavy atom. The molecule has 7 aromatic rings. The fourth-order valence-electron chi connectivity index (χ4n) is 6.39. The van der Waals surface area contributed by atoms with Gasteiger partial charge in [-0.05, 0) is 64.2 Å². The van der Waals surface area contributed by atoms with E-state index in [1.165, 1.54) is 28.6 Å². The molecule has 0 amide bonds. The van der Waals surface area contributed by atoms with E-state index < -0.39 is 0 Å². The van der Waals surface area contributed by atoms with Crippen molar-refractivity contribution in [3.05, 3.63) is 145 Å². The third-order valence-electron chi connectivity index (χ3n) is 8.56. The number of aromatic nitrogens is 6. The first-order valence-corrected chi connectivity index (χ1v) is 14.6. The van der Waals surface area contributed by atoms with E-state index in [2.05, 4.69) is 126 Å². The van der Waals surface area contributed by atoms with Gasteiger partial charge in [0.2, 0.25) is 0 Å². The Kier molecular flexibility index (Phi) is 5.81. The minimum Gasteiger partial charge on any atom is -0.277 e. The zero-order chi connectivity index (χ0) is 29.8. The van der Waals surface area contributed by atoms with Crippen molar-refractivity contribution in [2.75, 3.05) is 4.90 Å². The van der Waals surface area contributed by atoms with Crippen molar-refractivity contribution < 1.29 is 0 Å². The molecule has 3 heterocycles. The van der Waals surface area contributed by atoms with Gasteiger partial charge in [-0.3, -0.25) is 4.90 Å². The largest absolute Gasteiger partial charge is 0.277 e. The van der Waals surface area contributed by atoms with Crippen LogP contribution in [-0.2, 0) is 5.41 Å². The average Bonchev–Trinajstić information content (AvgIpc) is 3.77. The number of rotatable bonds is 6. The number of para-hydroxylation sites is 1. The van der Waals surface area contributed by atoms with Gasteiger partial charge in [-0.15, -0.1) is 5.10 Å². The first kappa shape index (κ1) is 25.9. The van der Waals surface area contributed by atoms with Crippen LogP contribution in [0.4, 0.5) is 17.3 Å². The first-order chi connectivity index (χ1) is 21.5. The highest BCUT2D eigenvalue weighted by molar-refractivity contribution is 5.89. The standard InChI is InChI=1S/C37H29N7/c1-4-34-38-24-39-44(34)27-19-21-35-40-36(41-42(35)23-27)43(33-17-11-9-14-28(33)25-12-6-5-7-13-25)26-18-20-30-29-15-8-10-16-31(29)37(2,3)32(30)22-26/h4-24H,1H2,2-3H3. The van der Waals surface area contributed by atoms with Gasteiger partial charge in [0.15, 0.2) is 11.5 Å². The van der Waals surface area contributed by atoms with E-state index >= 15 is 0 Å². The molecule has 0 aliphatic heterocycles. The third-order valence-corrected chi connectivity index (χ3v) is 8.56. The molecular weight excluding hydrogens is 542 g/mol. The molecule has 0 bridgehead atoms. The summed E-state index contributed by atoms with van der Waals surface area (Å²) in [7, 11) is 0. The summed E-state index contributed by atoms with van der Waals surface area (Å²) in [6.45, 7) is 8.47. The van der Waals surface area contributed by atoms with Crippen LogP contribution < -0.4 is 4.90 Å². The van der Waals surface area contributed by atoms with Crippen LogP contribution in [0.15, 0.2) is 128 Å². The summed E-state index contributed by atoms with van der Waals surface area (Å²) in [4.78, 5) is 11.5. The minimum absolute atomic E-state index is 0.144. The van der Waals surface area contributed by atoms with Gasteiger partial charge in [-0.25, -0.2) is 14.2 Å². The predicted molar refractivity (Wildman–Crippen MR) is 176 cm³/mol. The molecular formula is C37H29N7. The number of fused-ring (bicyclic) bond motifs is 4. The van der Waals surface area contributed by atoms with Gasteiger partial charge in [0.25, 0.3) is 5.95 Å². The highest BCUT2D eigenvalue weighted by Crippen LogP contribution is 2.50. The van der Waals surface area contributed by atoms with E-state index in [0.717, 1.165) is 33.8 Å². The van der Waals surface area contributed by atoms with Gasteiger partial charge in [0.1, 0.15) is 6.33 Å². The second kappa shape index (κ2) is 9.88. The fourth-order valence-corrected chi connectivity index (χ4v) is 6.39. The molecule has 44 heavy (non-hydrogen) atoms. The second-order valence-corrected chi connectivity index (χ2v) is 11.5. The van der Waals surface area contributed by atoms with Gasteiger partial charge in [-0.1, -0.05) is 99.3 Å². The molecule has 4 aromatic carbocycles. The predicted octanol–water partition coefficient (Wildman–Crippen LogP) is 8.40. The zero-order valence-electron chi connectivity index (χ0n) is 24.5. The molecule has 1 aliphatic carbocycles. The third kappa shape index (κ3) is 3.97. The van der Waals surface area contributed by atoms with Crippen molar-refractivity contribution in [2.45, 2.75) is 19.3 Å². The van der Waals surface area contributed by atoms with E-state index in [0.29, 0.717) is 11.8 Å². The first-order valence-electron chi connectivity index (χ1n) is 14.6. The molecule has 0 saturated heterocycles. The summed E-state index contributed by atoms with van der Waals surface area (Å²) in [5, 5.41) is 9.41. The minimum atomic E-state index is -0.144. The van der Waals surface area contributed by atoms with Crippen LogP contribution in [0, 0.1) is 0 Å². The van der Waals surface area contributed by atoms with Gasteiger partial charge in [-0.2, -0.15) is 10.1 Å². The summed E-state index contributed by atoms with van der Waals surface area (Å²) in [5.74, 6) is 1.23. The topological polar surface area (TPSA) is 64.1 Å². The number of benzene rings is 4. The molecule has 0 fully saturated rings. The van der Waals surface area contributed by atoms with Crippen molar-refractivity contribution in [1.29, 1.82) is 0 Å². The molecule has 0 radical (unpaired) electrons. The molecule has 7 heteroatoms. The molecule has 212 valence electrons. The van der Waals surface area contributed by atoms with E-state index in [-0.39, 0.29) is 5.41 Å². The molecule has 8 rings (SSSR count). The molecule has 7 nitrogen and oxygen atoms in total. The van der Waals surface area contributed by atoms with Crippen LogP contribution in [-0.4, -0.2) is 29.4 Å². The summed E-state index contributed by atoms with van der Waals surface area (Å²) >= 11 is 0. The van der Waals surface area contributed by atoms with E-state index in [4.69, 9.17) is 10.1 Å². The van der Waals surface area contributed by atoms with Crippen molar-refractivity contribution in [1.82, 2.24) is 29.4 Å². The molecule has 0 N–H and O–H groups in total. The number of hydrogen-bond acceptors (Lipinski definition) is 5. The monoisotopic (exact) mass is 571 g/mol. The van der Waals surface area contributed by atoms with E-state index in [1.54, 1.807) is 15.3 Å². The van der Waals surface area contributed by atoms with E-state index in [9.17, 15) is 0 Å². The maximum Gasteiger partial charge on any atom is 0.254 e. The SMILES string of the molecule is C=Cc1ncnn1-c1ccc2nc(N(c3ccc4c(c3)C(C)(C)c3ccccc3-4)c3ccccc3-c3ccccc3)nn2c1. The molecule has 0 saturated carbocycles. The Bertz CT molecular complexity index is 2190. The quantitative estimate of drug-likeness (QED) is 0.201. The lowest BCUT2D eigenvalue weighted by Gasteiger charge is -2.27. The highest BCUT2D eigenvalue weighted by atomic mass is 15.4. The Morgan fingerprint density at radius 2 is 1.52 bits per heavy atom. The normalized spacial score (nSPS) is 13.0. The molecule has 1 aliphatic rings. The molecule has 0 atom stereocenters. The Balaban J connectivity index is 1.33. The summed E-state index contributed by atoms with van der Waals surface area (Å²) < 4.78 is 3.53. The summed E-state index contributed by atoms with van der Waals surface area (Å²) in [6, 6.07) is 38.2. The lowest BCUT2D eigenvalue weighted by Crippen LogP contribution is -2.17. The smallest absolute Gasteiger partial charge is 0.254 e. The van der Waals surface area contributed by atoms with Gasteiger partial charge in [0.05, 0.1) is 17.6 Å². The maximum absolute atomic E-state index is 5.05. The number of nitrogens with zero attached hydrogens (tertiary/aromatic N) is 7. The van der Waals surface area contributed by atoms with Gasteiger partial charge >= 0.3 is 0 Å². The highest BCUT2D eigenvalue weighted by Gasteiger charge is 2.36. The van der Waals surface area contributed by atoms with Crippen molar-refractivity contribution in [3.8, 4) is 27.9 Å². The average molecular weight is 572 g/mol. The van der Waals surface area contributed by atoms with Crippen LogP contribution >= 0.6 is 0 Å². The summed E-state index contributed by atoms with van der Waals surface area (Å²) in [5.41, 5.74) is 10.8. The molecule has 3 aromatic heterocycles. The van der Waals surface area contributed by atoms with Crippen molar-refractivity contribution >= 4 is 29.0 Å². The lowest BCUT2D eigenvalue weighted by atomic mass is 9.82. The van der Waals surface area contributed by atoms with Crippen LogP contribution in [0.1, 0.15) is 30.8 Å². The van der Waals surface area contributed by atoms with Crippen LogP contribution in [0.2, 0.25) is 0 Å². The van der Waals surface area contributed by atoms with Crippen molar-refractivity contribution in [2.24, 2.45) is 0 Å². The Hall–Kier alpha value is -5.82. The second-order valence-electron chi connectivity index (χ2n) is 11.5. The number of pyridine rings is 1. The van der Waals surface area contributed by atoms with Crippen LogP contribution in [0.5, 0.6) is 0 Å².